The largest absolute Gasteiger partial charge is 0.352 e. The number of benzene rings is 3. The van der Waals surface area contributed by atoms with E-state index in [2.05, 4.69) is 5.32 Å². The van der Waals surface area contributed by atoms with Crippen LogP contribution in [0, 0.1) is 13.8 Å². The molecular weight excluding hydrogens is 581 g/mol. The van der Waals surface area contributed by atoms with E-state index in [1.807, 2.05) is 64.1 Å². The normalized spacial score (nSPS) is 12.9. The average Bonchev–Trinajstić information content (AvgIpc) is 2.92. The van der Waals surface area contributed by atoms with Crippen molar-refractivity contribution >= 4 is 50.7 Å². The van der Waals surface area contributed by atoms with Gasteiger partial charge in [-0.05, 0) is 67.6 Å². The minimum atomic E-state index is -3.85. The van der Waals surface area contributed by atoms with Gasteiger partial charge in [-0.25, -0.2) is 8.42 Å². The fourth-order valence-electron chi connectivity index (χ4n) is 4.43. The molecule has 0 saturated heterocycles. The average molecular weight is 619 g/mol. The van der Waals surface area contributed by atoms with Gasteiger partial charge in [0.15, 0.2) is 0 Å². The van der Waals surface area contributed by atoms with Crippen LogP contribution in [-0.2, 0) is 32.6 Å². The highest BCUT2D eigenvalue weighted by Crippen LogP contribution is 2.27. The van der Waals surface area contributed by atoms with Crippen LogP contribution < -0.4 is 9.62 Å². The smallest absolute Gasteiger partial charge is 0.244 e. The number of aryl methyl sites for hydroxylation is 1. The predicted molar refractivity (Wildman–Crippen MR) is 167 cm³/mol. The SMILES string of the molecule is CC[C@H](C)NC(=O)[C@H](Cc1ccccc1)N(Cc1ccc(Cl)c(Cl)c1)C(=O)CN(c1cccc(C)c1C)S(C)(=O)=O. The first kappa shape index (κ1) is 32.4. The van der Waals surface area contributed by atoms with E-state index in [1.165, 1.54) is 4.90 Å². The summed E-state index contributed by atoms with van der Waals surface area (Å²) in [6.45, 7) is 7.10. The Hall–Kier alpha value is -3.07. The van der Waals surface area contributed by atoms with Crippen molar-refractivity contribution in [2.75, 3.05) is 17.1 Å². The molecule has 10 heteroatoms. The molecule has 0 aliphatic rings. The van der Waals surface area contributed by atoms with E-state index < -0.39 is 28.5 Å². The lowest BCUT2D eigenvalue weighted by molar-refractivity contribution is -0.140. The molecule has 0 unspecified atom stereocenters. The Balaban J connectivity index is 2.11. The molecule has 2 amide bonds. The van der Waals surface area contributed by atoms with Crippen LogP contribution in [0.15, 0.2) is 66.7 Å². The maximum atomic E-state index is 14.2. The summed E-state index contributed by atoms with van der Waals surface area (Å²) < 4.78 is 27.1. The molecule has 2 atom stereocenters. The van der Waals surface area contributed by atoms with Crippen molar-refractivity contribution in [3.63, 3.8) is 0 Å². The van der Waals surface area contributed by atoms with E-state index in [4.69, 9.17) is 23.2 Å². The summed E-state index contributed by atoms with van der Waals surface area (Å²) in [5.74, 6) is -0.850. The third-order valence-corrected chi connectivity index (χ3v) is 9.00. The second-order valence-corrected chi connectivity index (χ2v) is 13.0. The number of anilines is 1. The second kappa shape index (κ2) is 14.2. The molecular formula is C31H37Cl2N3O4S. The summed E-state index contributed by atoms with van der Waals surface area (Å²) >= 11 is 12.4. The molecule has 0 aliphatic heterocycles. The summed E-state index contributed by atoms with van der Waals surface area (Å²) in [5, 5.41) is 3.69. The lowest BCUT2D eigenvalue weighted by atomic mass is 10.0. The minimum absolute atomic E-state index is 0.0194. The van der Waals surface area contributed by atoms with Crippen molar-refractivity contribution in [3.05, 3.63) is 99.0 Å². The Bertz CT molecular complexity index is 1480. The number of carbonyl (C=O) groups is 2. The molecule has 0 aromatic heterocycles. The first-order chi connectivity index (χ1) is 19.3. The first-order valence-corrected chi connectivity index (χ1v) is 16.0. The van der Waals surface area contributed by atoms with Gasteiger partial charge in [0.2, 0.25) is 21.8 Å². The third-order valence-electron chi connectivity index (χ3n) is 7.13. The van der Waals surface area contributed by atoms with Gasteiger partial charge < -0.3 is 10.2 Å². The number of carbonyl (C=O) groups excluding carboxylic acids is 2. The Morgan fingerprint density at radius 1 is 0.927 bits per heavy atom. The number of hydrogen-bond donors (Lipinski definition) is 1. The summed E-state index contributed by atoms with van der Waals surface area (Å²) in [5.41, 5.74) is 3.57. The summed E-state index contributed by atoms with van der Waals surface area (Å²) in [6.07, 6.45) is 2.01. The van der Waals surface area contributed by atoms with Gasteiger partial charge in [-0.15, -0.1) is 0 Å². The van der Waals surface area contributed by atoms with Gasteiger partial charge in [-0.2, -0.15) is 0 Å². The first-order valence-electron chi connectivity index (χ1n) is 13.4. The number of halogens is 2. The van der Waals surface area contributed by atoms with Crippen molar-refractivity contribution in [3.8, 4) is 0 Å². The van der Waals surface area contributed by atoms with Crippen LogP contribution in [0.2, 0.25) is 10.0 Å². The van der Waals surface area contributed by atoms with E-state index in [9.17, 15) is 18.0 Å². The molecule has 0 fully saturated rings. The predicted octanol–water partition coefficient (Wildman–Crippen LogP) is 5.93. The van der Waals surface area contributed by atoms with E-state index in [0.717, 1.165) is 27.3 Å². The van der Waals surface area contributed by atoms with Gasteiger partial charge in [0.05, 0.1) is 22.0 Å². The Morgan fingerprint density at radius 3 is 2.22 bits per heavy atom. The van der Waals surface area contributed by atoms with Crippen molar-refractivity contribution < 1.29 is 18.0 Å². The molecule has 0 saturated carbocycles. The lowest BCUT2D eigenvalue weighted by Gasteiger charge is -2.34. The fourth-order valence-corrected chi connectivity index (χ4v) is 5.65. The zero-order chi connectivity index (χ0) is 30.3. The Morgan fingerprint density at radius 2 is 1.61 bits per heavy atom. The van der Waals surface area contributed by atoms with Crippen LogP contribution in [0.4, 0.5) is 5.69 Å². The number of sulfonamides is 1. The van der Waals surface area contributed by atoms with Crippen LogP contribution in [0.3, 0.4) is 0 Å². The summed E-state index contributed by atoms with van der Waals surface area (Å²) in [4.78, 5) is 29.4. The quantitative estimate of drug-likeness (QED) is 0.273. The molecule has 3 aromatic rings. The van der Waals surface area contributed by atoms with Gasteiger partial charge in [0.25, 0.3) is 0 Å². The lowest BCUT2D eigenvalue weighted by Crippen LogP contribution is -2.54. The number of hydrogen-bond acceptors (Lipinski definition) is 4. The standard InChI is InChI=1S/C31H37Cl2N3O4S/c1-6-22(3)34-31(38)29(18-24-12-8-7-9-13-24)35(19-25-15-16-26(32)27(33)17-25)30(37)20-36(41(5,39)40)28-14-10-11-21(2)23(28)4/h7-17,22,29H,6,18-20H2,1-5H3,(H,34,38)/t22-,29-/m0/s1. The number of amides is 2. The molecule has 0 aliphatic carbocycles. The Labute approximate surface area is 253 Å². The van der Waals surface area contributed by atoms with Crippen molar-refractivity contribution in [1.29, 1.82) is 0 Å². The zero-order valence-corrected chi connectivity index (χ0v) is 26.4. The van der Waals surface area contributed by atoms with Gasteiger partial charge in [-0.1, -0.05) is 78.7 Å². The molecule has 7 nitrogen and oxygen atoms in total. The number of nitrogens with zero attached hydrogens (tertiary/aromatic N) is 2. The maximum absolute atomic E-state index is 14.2. The molecule has 0 spiro atoms. The van der Waals surface area contributed by atoms with Gasteiger partial charge in [0.1, 0.15) is 12.6 Å². The fraction of sp³-hybridized carbons (Fsp3) is 0.355. The van der Waals surface area contributed by atoms with Crippen LogP contribution in [0.1, 0.15) is 42.5 Å². The van der Waals surface area contributed by atoms with Gasteiger partial charge in [0, 0.05) is 19.0 Å². The van der Waals surface area contributed by atoms with E-state index in [1.54, 1.807) is 30.3 Å². The van der Waals surface area contributed by atoms with Crippen molar-refractivity contribution in [2.24, 2.45) is 0 Å². The van der Waals surface area contributed by atoms with E-state index in [-0.39, 0.29) is 24.9 Å². The highest BCUT2D eigenvalue weighted by Gasteiger charge is 2.34. The molecule has 0 radical (unpaired) electrons. The third kappa shape index (κ3) is 8.71. The Kier molecular flexibility index (Phi) is 11.2. The van der Waals surface area contributed by atoms with Crippen LogP contribution >= 0.6 is 23.2 Å². The van der Waals surface area contributed by atoms with Crippen molar-refractivity contribution in [2.45, 2.75) is 59.2 Å². The highest BCUT2D eigenvalue weighted by molar-refractivity contribution is 7.92. The van der Waals surface area contributed by atoms with Crippen LogP contribution in [0.25, 0.3) is 0 Å². The van der Waals surface area contributed by atoms with Crippen molar-refractivity contribution in [1.82, 2.24) is 10.2 Å². The van der Waals surface area contributed by atoms with Gasteiger partial charge >= 0.3 is 0 Å². The topological polar surface area (TPSA) is 86.8 Å². The molecule has 1 N–H and O–H groups in total. The molecule has 3 rings (SSSR count). The molecule has 41 heavy (non-hydrogen) atoms. The monoisotopic (exact) mass is 617 g/mol. The molecule has 0 bridgehead atoms. The summed E-state index contributed by atoms with van der Waals surface area (Å²) in [6, 6.07) is 18.7. The number of rotatable bonds is 12. The molecule has 0 heterocycles. The molecule has 3 aromatic carbocycles. The van der Waals surface area contributed by atoms with Crippen LogP contribution in [0.5, 0.6) is 0 Å². The summed E-state index contributed by atoms with van der Waals surface area (Å²) in [7, 11) is -3.85. The maximum Gasteiger partial charge on any atom is 0.244 e. The zero-order valence-electron chi connectivity index (χ0n) is 24.0. The molecule has 220 valence electrons. The second-order valence-electron chi connectivity index (χ2n) is 10.3. The van der Waals surface area contributed by atoms with E-state index >= 15 is 0 Å². The number of nitrogens with one attached hydrogen (secondary N) is 1. The van der Waals surface area contributed by atoms with E-state index in [0.29, 0.717) is 27.7 Å². The van der Waals surface area contributed by atoms with Crippen LogP contribution in [-0.4, -0.2) is 50.0 Å². The highest BCUT2D eigenvalue weighted by atomic mass is 35.5. The van der Waals surface area contributed by atoms with Gasteiger partial charge in [-0.3, -0.25) is 13.9 Å². The minimum Gasteiger partial charge on any atom is -0.352 e.